The predicted octanol–water partition coefficient (Wildman–Crippen LogP) is 2.14. The van der Waals surface area contributed by atoms with Gasteiger partial charge in [0.15, 0.2) is 0 Å². The van der Waals surface area contributed by atoms with Crippen LogP contribution in [0.2, 0.25) is 0 Å². The average molecular weight is 278 g/mol. The highest BCUT2D eigenvalue weighted by atomic mass is 16.5. The van der Waals surface area contributed by atoms with Gasteiger partial charge in [-0.05, 0) is 40.4 Å². The summed E-state index contributed by atoms with van der Waals surface area (Å²) in [5.74, 6) is -0.0977. The lowest BCUT2D eigenvalue weighted by molar-refractivity contribution is -0.139. The van der Waals surface area contributed by atoms with Crippen molar-refractivity contribution < 1.29 is 9.53 Å². The van der Waals surface area contributed by atoms with E-state index in [2.05, 4.69) is 35.3 Å². The van der Waals surface area contributed by atoms with E-state index in [1.165, 1.54) is 11.1 Å². The van der Waals surface area contributed by atoms with Crippen molar-refractivity contribution in [2.75, 3.05) is 27.7 Å². The minimum Gasteiger partial charge on any atom is -0.369 e. The third-order valence-corrected chi connectivity index (χ3v) is 3.56. The van der Waals surface area contributed by atoms with Crippen LogP contribution in [0.25, 0.3) is 0 Å². The maximum absolute atomic E-state index is 12.1. The molecule has 1 rings (SSSR count). The Morgan fingerprint density at radius 1 is 1.40 bits per heavy atom. The van der Waals surface area contributed by atoms with E-state index in [0.717, 1.165) is 0 Å². The van der Waals surface area contributed by atoms with E-state index in [4.69, 9.17) is 4.74 Å². The highest BCUT2D eigenvalue weighted by Gasteiger charge is 2.27. The Bertz CT molecular complexity index is 456. The number of methoxy groups -OCH3 is 1. The van der Waals surface area contributed by atoms with E-state index in [9.17, 15) is 4.79 Å². The molecule has 20 heavy (non-hydrogen) atoms. The van der Waals surface area contributed by atoms with Crippen LogP contribution in [0.15, 0.2) is 24.3 Å². The first-order chi connectivity index (χ1) is 9.27. The normalized spacial score (nSPS) is 13.3. The van der Waals surface area contributed by atoms with E-state index in [0.29, 0.717) is 6.54 Å². The Morgan fingerprint density at radius 3 is 2.55 bits per heavy atom. The van der Waals surface area contributed by atoms with Crippen molar-refractivity contribution >= 4 is 5.91 Å². The van der Waals surface area contributed by atoms with Crippen molar-refractivity contribution in [3.63, 3.8) is 0 Å². The molecule has 1 aromatic carbocycles. The highest BCUT2D eigenvalue weighted by molar-refractivity contribution is 5.84. The molecule has 0 aliphatic rings. The molecule has 0 spiro atoms. The standard InChI is InChI=1S/C16H26N2O2/c1-12-8-7-9-13(10-12)14(18(4)5)11-17-15(19)16(2,3)20-6/h7-10,14H,11H2,1-6H3,(H,17,19)/t14-/m1/s1. The van der Waals surface area contributed by atoms with Crippen LogP contribution < -0.4 is 5.32 Å². The molecule has 4 heteroatoms. The molecule has 1 N–H and O–H groups in total. The molecule has 0 saturated carbocycles. The summed E-state index contributed by atoms with van der Waals surface area (Å²) in [5, 5.41) is 2.97. The smallest absolute Gasteiger partial charge is 0.251 e. The SMILES string of the molecule is COC(C)(C)C(=O)NC[C@H](c1cccc(C)c1)N(C)C. The quantitative estimate of drug-likeness (QED) is 0.867. The van der Waals surface area contributed by atoms with Crippen LogP contribution >= 0.6 is 0 Å². The van der Waals surface area contributed by atoms with Gasteiger partial charge in [-0.2, -0.15) is 0 Å². The largest absolute Gasteiger partial charge is 0.369 e. The van der Waals surface area contributed by atoms with Crippen LogP contribution in [-0.4, -0.2) is 44.2 Å². The fraction of sp³-hybridized carbons (Fsp3) is 0.562. The molecule has 0 heterocycles. The molecule has 1 aromatic rings. The van der Waals surface area contributed by atoms with Crippen LogP contribution in [-0.2, 0) is 9.53 Å². The summed E-state index contributed by atoms with van der Waals surface area (Å²) in [6.07, 6.45) is 0. The molecule has 1 atom stereocenters. The van der Waals surface area contributed by atoms with Gasteiger partial charge in [-0.1, -0.05) is 29.8 Å². The lowest BCUT2D eigenvalue weighted by Crippen LogP contribution is -2.46. The van der Waals surface area contributed by atoms with Gasteiger partial charge in [0.25, 0.3) is 5.91 Å². The third kappa shape index (κ3) is 4.32. The van der Waals surface area contributed by atoms with E-state index in [1.807, 2.05) is 20.2 Å². The van der Waals surface area contributed by atoms with E-state index >= 15 is 0 Å². The third-order valence-electron chi connectivity index (χ3n) is 3.56. The number of aryl methyl sites for hydroxylation is 1. The zero-order valence-corrected chi connectivity index (χ0v) is 13.4. The molecular weight excluding hydrogens is 252 g/mol. The molecule has 0 radical (unpaired) electrons. The second kappa shape index (κ2) is 6.86. The summed E-state index contributed by atoms with van der Waals surface area (Å²) in [6.45, 7) is 6.16. The number of rotatable bonds is 6. The first-order valence-electron chi connectivity index (χ1n) is 6.84. The number of nitrogens with one attached hydrogen (secondary N) is 1. The van der Waals surface area contributed by atoms with Crippen molar-refractivity contribution in [1.29, 1.82) is 0 Å². The Morgan fingerprint density at radius 2 is 2.05 bits per heavy atom. The molecule has 0 aliphatic carbocycles. The zero-order chi connectivity index (χ0) is 15.3. The number of ether oxygens (including phenoxy) is 1. The Kier molecular flexibility index (Phi) is 5.72. The minimum atomic E-state index is -0.802. The predicted molar refractivity (Wildman–Crippen MR) is 81.7 cm³/mol. The maximum atomic E-state index is 12.1. The van der Waals surface area contributed by atoms with E-state index in [-0.39, 0.29) is 11.9 Å². The Hall–Kier alpha value is -1.39. The Labute approximate surface area is 122 Å². The van der Waals surface area contributed by atoms with Crippen molar-refractivity contribution in [1.82, 2.24) is 10.2 Å². The molecule has 0 fully saturated rings. The number of hydrogen-bond donors (Lipinski definition) is 1. The van der Waals surface area contributed by atoms with Crippen LogP contribution in [0.1, 0.15) is 31.0 Å². The Balaban J connectivity index is 2.77. The van der Waals surface area contributed by atoms with Gasteiger partial charge in [0.05, 0.1) is 6.04 Å². The average Bonchev–Trinajstić information content (AvgIpc) is 2.38. The number of amides is 1. The number of carbonyl (C=O) groups excluding carboxylic acids is 1. The number of hydrogen-bond acceptors (Lipinski definition) is 3. The second-order valence-corrected chi connectivity index (χ2v) is 5.82. The molecule has 112 valence electrons. The molecule has 0 saturated heterocycles. The fourth-order valence-corrected chi connectivity index (χ4v) is 1.97. The van der Waals surface area contributed by atoms with Gasteiger partial charge in [-0.25, -0.2) is 0 Å². The van der Waals surface area contributed by atoms with Gasteiger partial charge in [-0.15, -0.1) is 0 Å². The molecule has 4 nitrogen and oxygen atoms in total. The van der Waals surface area contributed by atoms with Gasteiger partial charge in [0.2, 0.25) is 0 Å². The molecular formula is C16H26N2O2. The summed E-state index contributed by atoms with van der Waals surface area (Å²) >= 11 is 0. The highest BCUT2D eigenvalue weighted by Crippen LogP contribution is 2.19. The van der Waals surface area contributed by atoms with Crippen molar-refractivity contribution in [3.05, 3.63) is 35.4 Å². The first kappa shape index (κ1) is 16.7. The lowest BCUT2D eigenvalue weighted by atomic mass is 10.0. The summed E-state index contributed by atoms with van der Waals surface area (Å²) in [5.41, 5.74) is 1.62. The topological polar surface area (TPSA) is 41.6 Å². The maximum Gasteiger partial charge on any atom is 0.251 e. The first-order valence-corrected chi connectivity index (χ1v) is 6.84. The lowest BCUT2D eigenvalue weighted by Gasteiger charge is -2.28. The summed E-state index contributed by atoms with van der Waals surface area (Å²) in [4.78, 5) is 14.2. The molecule has 0 aromatic heterocycles. The number of likely N-dealkylation sites (N-methyl/N-ethyl adjacent to an activating group) is 1. The zero-order valence-electron chi connectivity index (χ0n) is 13.4. The summed E-state index contributed by atoms with van der Waals surface area (Å²) in [7, 11) is 5.57. The molecule has 0 unspecified atom stereocenters. The number of carbonyl (C=O) groups is 1. The molecule has 0 bridgehead atoms. The summed E-state index contributed by atoms with van der Waals surface area (Å²) < 4.78 is 5.19. The molecule has 0 aliphatic heterocycles. The van der Waals surface area contributed by atoms with Crippen molar-refractivity contribution in [2.24, 2.45) is 0 Å². The molecule has 1 amide bonds. The van der Waals surface area contributed by atoms with Crippen LogP contribution in [0.4, 0.5) is 0 Å². The summed E-state index contributed by atoms with van der Waals surface area (Å²) in [6, 6.07) is 8.50. The van der Waals surface area contributed by atoms with Gasteiger partial charge in [0.1, 0.15) is 5.60 Å². The van der Waals surface area contributed by atoms with E-state index in [1.54, 1.807) is 21.0 Å². The van der Waals surface area contributed by atoms with Gasteiger partial charge >= 0.3 is 0 Å². The second-order valence-electron chi connectivity index (χ2n) is 5.82. The minimum absolute atomic E-state index is 0.0977. The van der Waals surface area contributed by atoms with E-state index < -0.39 is 5.60 Å². The van der Waals surface area contributed by atoms with Gasteiger partial charge in [-0.3, -0.25) is 4.79 Å². The monoisotopic (exact) mass is 278 g/mol. The van der Waals surface area contributed by atoms with Gasteiger partial charge in [0, 0.05) is 13.7 Å². The van der Waals surface area contributed by atoms with Crippen LogP contribution in [0, 0.1) is 6.92 Å². The van der Waals surface area contributed by atoms with Crippen LogP contribution in [0.3, 0.4) is 0 Å². The fourth-order valence-electron chi connectivity index (χ4n) is 1.97. The number of benzene rings is 1. The van der Waals surface area contributed by atoms with Crippen LogP contribution in [0.5, 0.6) is 0 Å². The van der Waals surface area contributed by atoms with Crippen molar-refractivity contribution in [2.45, 2.75) is 32.4 Å². The van der Waals surface area contributed by atoms with Gasteiger partial charge < -0.3 is 15.0 Å². The van der Waals surface area contributed by atoms with Crippen molar-refractivity contribution in [3.8, 4) is 0 Å². The number of nitrogens with zero attached hydrogens (tertiary/aromatic N) is 1.